The van der Waals surface area contributed by atoms with E-state index in [1.165, 1.54) is 0 Å². The maximum absolute atomic E-state index is 13.5. The Kier molecular flexibility index (Phi) is 5.28. The van der Waals surface area contributed by atoms with Gasteiger partial charge in [0.15, 0.2) is 9.84 Å². The van der Waals surface area contributed by atoms with Gasteiger partial charge in [-0.2, -0.15) is 0 Å². The summed E-state index contributed by atoms with van der Waals surface area (Å²) in [4.78, 5) is -0.561. The van der Waals surface area contributed by atoms with Crippen LogP contribution in [0.5, 0.6) is 0 Å². The Hall–Kier alpha value is -0.490. The molecule has 1 aromatic carbocycles. The van der Waals surface area contributed by atoms with Crippen LogP contribution in [0.4, 0.5) is 8.78 Å². The molecule has 0 radical (unpaired) electrons. The Morgan fingerprint density at radius 2 is 1.89 bits per heavy atom. The van der Waals surface area contributed by atoms with Crippen molar-refractivity contribution in [1.82, 2.24) is 0 Å². The zero-order valence-electron chi connectivity index (χ0n) is 10.2. The molecular weight excluding hydrogens is 326 g/mol. The van der Waals surface area contributed by atoms with Crippen LogP contribution in [-0.4, -0.2) is 19.5 Å². The van der Waals surface area contributed by atoms with E-state index in [1.807, 2.05) is 13.8 Å². The van der Waals surface area contributed by atoms with Crippen molar-refractivity contribution in [3.63, 3.8) is 0 Å². The molecule has 1 rings (SSSR count). The van der Waals surface area contributed by atoms with Gasteiger partial charge >= 0.3 is 0 Å². The minimum absolute atomic E-state index is 0.135. The normalized spacial score (nSPS) is 13.9. The van der Waals surface area contributed by atoms with E-state index < -0.39 is 26.4 Å². The summed E-state index contributed by atoms with van der Waals surface area (Å²) in [5.41, 5.74) is 0. The molecule has 0 saturated heterocycles. The molecule has 1 unspecified atom stereocenters. The van der Waals surface area contributed by atoms with Crippen molar-refractivity contribution >= 4 is 25.8 Å². The summed E-state index contributed by atoms with van der Waals surface area (Å²) in [5.74, 6) is -1.87. The SMILES string of the molecule is CC(C)C(CBr)CS(=O)(=O)c1cc(F)ccc1F. The first-order valence-corrected chi connectivity index (χ1v) is 8.29. The molecule has 6 heteroatoms. The maximum atomic E-state index is 13.5. The third-order valence-electron chi connectivity index (χ3n) is 2.80. The highest BCUT2D eigenvalue weighted by Crippen LogP contribution is 2.23. The number of rotatable bonds is 5. The molecule has 0 saturated carbocycles. The number of hydrogen-bond acceptors (Lipinski definition) is 2. The lowest BCUT2D eigenvalue weighted by Crippen LogP contribution is -2.23. The molecule has 0 fully saturated rings. The van der Waals surface area contributed by atoms with E-state index in [9.17, 15) is 17.2 Å². The van der Waals surface area contributed by atoms with Crippen LogP contribution in [0.3, 0.4) is 0 Å². The van der Waals surface area contributed by atoms with Gasteiger partial charge in [0, 0.05) is 5.33 Å². The molecule has 0 spiro atoms. The van der Waals surface area contributed by atoms with E-state index in [0.717, 1.165) is 18.2 Å². The highest BCUT2D eigenvalue weighted by atomic mass is 79.9. The van der Waals surface area contributed by atoms with Crippen LogP contribution in [0.25, 0.3) is 0 Å². The lowest BCUT2D eigenvalue weighted by molar-refractivity contribution is 0.460. The van der Waals surface area contributed by atoms with Crippen LogP contribution in [0.1, 0.15) is 13.8 Å². The van der Waals surface area contributed by atoms with Gasteiger partial charge in [0.05, 0.1) is 5.75 Å². The van der Waals surface area contributed by atoms with E-state index in [1.54, 1.807) is 0 Å². The molecule has 0 aliphatic heterocycles. The molecule has 102 valence electrons. The van der Waals surface area contributed by atoms with E-state index in [2.05, 4.69) is 15.9 Å². The second kappa shape index (κ2) is 6.10. The molecule has 0 amide bonds. The van der Waals surface area contributed by atoms with Crippen molar-refractivity contribution in [2.75, 3.05) is 11.1 Å². The second-order valence-electron chi connectivity index (χ2n) is 4.51. The summed E-state index contributed by atoms with van der Waals surface area (Å²) in [7, 11) is -3.81. The van der Waals surface area contributed by atoms with Gasteiger partial charge in [-0.05, 0) is 30.0 Å². The monoisotopic (exact) mass is 340 g/mol. The zero-order chi connectivity index (χ0) is 13.9. The average Bonchev–Trinajstić information content (AvgIpc) is 2.28. The molecule has 2 nitrogen and oxygen atoms in total. The predicted molar refractivity (Wildman–Crippen MR) is 70.5 cm³/mol. The van der Waals surface area contributed by atoms with Crippen molar-refractivity contribution in [3.05, 3.63) is 29.8 Å². The van der Waals surface area contributed by atoms with Crippen molar-refractivity contribution in [2.45, 2.75) is 18.7 Å². The third-order valence-corrected chi connectivity index (χ3v) is 5.48. The predicted octanol–water partition coefficient (Wildman–Crippen LogP) is 3.41. The zero-order valence-corrected chi connectivity index (χ0v) is 12.6. The third kappa shape index (κ3) is 3.75. The van der Waals surface area contributed by atoms with Crippen LogP contribution in [0.15, 0.2) is 23.1 Å². The van der Waals surface area contributed by atoms with E-state index >= 15 is 0 Å². The van der Waals surface area contributed by atoms with Crippen LogP contribution in [0, 0.1) is 23.5 Å². The minimum atomic E-state index is -3.81. The molecule has 0 aliphatic rings. The van der Waals surface area contributed by atoms with Crippen molar-refractivity contribution < 1.29 is 17.2 Å². The molecule has 1 aromatic rings. The van der Waals surface area contributed by atoms with Gasteiger partial charge in [-0.15, -0.1) is 0 Å². The quantitative estimate of drug-likeness (QED) is 0.770. The lowest BCUT2D eigenvalue weighted by atomic mass is 10.0. The smallest absolute Gasteiger partial charge is 0.181 e. The summed E-state index contributed by atoms with van der Waals surface area (Å²) in [5, 5.41) is 0.501. The lowest BCUT2D eigenvalue weighted by Gasteiger charge is -2.18. The Morgan fingerprint density at radius 3 is 2.39 bits per heavy atom. The fourth-order valence-corrected chi connectivity index (χ4v) is 4.69. The van der Waals surface area contributed by atoms with Gasteiger partial charge in [-0.3, -0.25) is 0 Å². The first-order valence-electron chi connectivity index (χ1n) is 5.51. The highest BCUT2D eigenvalue weighted by molar-refractivity contribution is 9.09. The second-order valence-corrected chi connectivity index (χ2v) is 7.16. The Morgan fingerprint density at radius 1 is 1.28 bits per heavy atom. The molecule has 0 aliphatic carbocycles. The van der Waals surface area contributed by atoms with Gasteiger partial charge in [-0.1, -0.05) is 29.8 Å². The molecule has 18 heavy (non-hydrogen) atoms. The fraction of sp³-hybridized carbons (Fsp3) is 0.500. The standard InChI is InChI=1S/C12H15BrF2O2S/c1-8(2)9(6-13)7-18(16,17)12-5-10(14)3-4-11(12)15/h3-5,8-9H,6-7H2,1-2H3. The van der Waals surface area contributed by atoms with Crippen molar-refractivity contribution in [2.24, 2.45) is 11.8 Å². The minimum Gasteiger partial charge on any atom is -0.224 e. The summed E-state index contributed by atoms with van der Waals surface area (Å²) in [6, 6.07) is 2.47. The van der Waals surface area contributed by atoms with Gasteiger partial charge in [0.25, 0.3) is 0 Å². The fourth-order valence-electron chi connectivity index (χ4n) is 1.50. The molecule has 0 N–H and O–H groups in total. The van der Waals surface area contributed by atoms with Gasteiger partial charge in [-0.25, -0.2) is 17.2 Å². The Labute approximate surface area is 114 Å². The average molecular weight is 341 g/mol. The number of sulfone groups is 1. The van der Waals surface area contributed by atoms with Gasteiger partial charge in [0.2, 0.25) is 0 Å². The Balaban J connectivity index is 3.10. The van der Waals surface area contributed by atoms with Crippen molar-refractivity contribution in [1.29, 1.82) is 0 Å². The van der Waals surface area contributed by atoms with Crippen LogP contribution >= 0.6 is 15.9 Å². The first kappa shape index (κ1) is 15.6. The molecule has 0 aromatic heterocycles. The number of halogens is 3. The van der Waals surface area contributed by atoms with Gasteiger partial charge in [0.1, 0.15) is 16.5 Å². The topological polar surface area (TPSA) is 34.1 Å². The summed E-state index contributed by atoms with van der Waals surface area (Å²) >= 11 is 3.24. The van der Waals surface area contributed by atoms with Crippen molar-refractivity contribution in [3.8, 4) is 0 Å². The van der Waals surface area contributed by atoms with E-state index in [-0.39, 0.29) is 17.6 Å². The molecular formula is C12H15BrF2O2S. The number of benzene rings is 1. The van der Waals surface area contributed by atoms with E-state index in [0.29, 0.717) is 5.33 Å². The van der Waals surface area contributed by atoms with Crippen LogP contribution in [-0.2, 0) is 9.84 Å². The van der Waals surface area contributed by atoms with Gasteiger partial charge < -0.3 is 0 Å². The first-order chi connectivity index (χ1) is 8.27. The summed E-state index contributed by atoms with van der Waals surface area (Å²) in [6.07, 6.45) is 0. The molecule has 1 atom stereocenters. The maximum Gasteiger partial charge on any atom is 0.181 e. The van der Waals surface area contributed by atoms with E-state index in [4.69, 9.17) is 0 Å². The molecule has 0 heterocycles. The summed E-state index contributed by atoms with van der Waals surface area (Å²) < 4.78 is 50.6. The van der Waals surface area contributed by atoms with Crippen LogP contribution < -0.4 is 0 Å². The summed E-state index contributed by atoms with van der Waals surface area (Å²) in [6.45, 7) is 3.78. The highest BCUT2D eigenvalue weighted by Gasteiger charge is 2.25. The Bertz CT molecular complexity index is 515. The van der Waals surface area contributed by atoms with Crippen LogP contribution in [0.2, 0.25) is 0 Å². The molecule has 0 bridgehead atoms. The number of alkyl halides is 1. The largest absolute Gasteiger partial charge is 0.224 e. The number of hydrogen-bond donors (Lipinski definition) is 0.